The molecule has 0 aliphatic carbocycles. The molecule has 0 spiro atoms. The fraction of sp³-hybridized carbons (Fsp3) is 0.455. The highest BCUT2D eigenvalue weighted by Crippen LogP contribution is 2.30. The highest BCUT2D eigenvalue weighted by atomic mass is 16.5. The maximum absolute atomic E-state index is 11.7. The van der Waals surface area contributed by atoms with E-state index in [2.05, 4.69) is 35.0 Å². The lowest BCUT2D eigenvalue weighted by Crippen LogP contribution is -2.32. The first kappa shape index (κ1) is 18.4. The summed E-state index contributed by atoms with van der Waals surface area (Å²) >= 11 is 0. The third-order valence-electron chi connectivity index (χ3n) is 5.26. The van der Waals surface area contributed by atoms with E-state index in [1.54, 1.807) is 13.3 Å². The van der Waals surface area contributed by atoms with E-state index >= 15 is 0 Å². The zero-order valence-electron chi connectivity index (χ0n) is 16.0. The van der Waals surface area contributed by atoms with Crippen molar-refractivity contribution in [2.24, 2.45) is 5.92 Å². The lowest BCUT2D eigenvalue weighted by Gasteiger charge is -2.32. The number of pyridine rings is 1. The van der Waals surface area contributed by atoms with Crippen LogP contribution < -0.4 is 9.64 Å². The fourth-order valence-electron chi connectivity index (χ4n) is 3.44. The van der Waals surface area contributed by atoms with E-state index in [4.69, 9.17) is 4.74 Å². The standard InChI is InChI=1S/C22H28N2O2/c1-4-21(25)18-5-7-19(23-15-18)13-17-6-8-20(14-22(17)26-3)24-11-9-16(2)10-12-24/h5-8,14-16H,4,9-13H2,1-3H3. The summed E-state index contributed by atoms with van der Waals surface area (Å²) in [6, 6.07) is 10.3. The van der Waals surface area contributed by atoms with E-state index in [9.17, 15) is 4.79 Å². The highest BCUT2D eigenvalue weighted by molar-refractivity contribution is 5.95. The largest absolute Gasteiger partial charge is 0.496 e. The van der Waals surface area contributed by atoms with Crippen LogP contribution in [0.25, 0.3) is 0 Å². The molecule has 0 atom stereocenters. The second kappa shape index (κ2) is 8.35. The number of anilines is 1. The molecule has 0 saturated carbocycles. The Hall–Kier alpha value is -2.36. The van der Waals surface area contributed by atoms with Gasteiger partial charge in [0, 0.05) is 60.7 Å². The molecule has 1 aliphatic rings. The Labute approximate surface area is 156 Å². The summed E-state index contributed by atoms with van der Waals surface area (Å²) in [6.07, 6.45) is 5.37. The fourth-order valence-corrected chi connectivity index (χ4v) is 3.44. The molecular formula is C22H28N2O2. The molecule has 0 unspecified atom stereocenters. The summed E-state index contributed by atoms with van der Waals surface area (Å²) in [5.74, 6) is 1.85. The average Bonchev–Trinajstić information content (AvgIpc) is 2.69. The zero-order chi connectivity index (χ0) is 18.5. The summed E-state index contributed by atoms with van der Waals surface area (Å²) in [5.41, 5.74) is 3.96. The third-order valence-corrected chi connectivity index (χ3v) is 5.26. The van der Waals surface area contributed by atoms with Gasteiger partial charge in [-0.05, 0) is 37.0 Å². The Morgan fingerprint density at radius 2 is 2.00 bits per heavy atom. The molecule has 2 aromatic rings. The van der Waals surface area contributed by atoms with Crippen LogP contribution in [0.5, 0.6) is 5.75 Å². The summed E-state index contributed by atoms with van der Waals surface area (Å²) in [7, 11) is 1.72. The van der Waals surface area contributed by atoms with Crippen LogP contribution in [-0.4, -0.2) is 31.0 Å². The monoisotopic (exact) mass is 352 g/mol. The van der Waals surface area contributed by atoms with Gasteiger partial charge in [-0.25, -0.2) is 0 Å². The Bertz CT molecular complexity index is 747. The Morgan fingerprint density at radius 3 is 2.62 bits per heavy atom. The van der Waals surface area contributed by atoms with E-state index in [0.717, 1.165) is 36.0 Å². The van der Waals surface area contributed by atoms with Crippen molar-refractivity contribution in [2.45, 2.75) is 39.5 Å². The number of piperidine rings is 1. The molecule has 138 valence electrons. The number of rotatable bonds is 6. The number of nitrogens with zero attached hydrogens (tertiary/aromatic N) is 2. The van der Waals surface area contributed by atoms with Crippen molar-refractivity contribution < 1.29 is 9.53 Å². The molecule has 2 heterocycles. The molecule has 1 aromatic heterocycles. The smallest absolute Gasteiger partial charge is 0.164 e. The van der Waals surface area contributed by atoms with E-state index in [0.29, 0.717) is 18.4 Å². The average molecular weight is 352 g/mol. The zero-order valence-corrected chi connectivity index (χ0v) is 16.0. The molecular weight excluding hydrogens is 324 g/mol. The van der Waals surface area contributed by atoms with Gasteiger partial charge in [0.1, 0.15) is 5.75 Å². The van der Waals surface area contributed by atoms with E-state index < -0.39 is 0 Å². The molecule has 1 fully saturated rings. The second-order valence-corrected chi connectivity index (χ2v) is 7.16. The molecule has 4 nitrogen and oxygen atoms in total. The van der Waals surface area contributed by atoms with Gasteiger partial charge in [-0.3, -0.25) is 9.78 Å². The van der Waals surface area contributed by atoms with Gasteiger partial charge in [0.25, 0.3) is 0 Å². The van der Waals surface area contributed by atoms with Gasteiger partial charge in [0.15, 0.2) is 5.78 Å². The number of methoxy groups -OCH3 is 1. The van der Waals surface area contributed by atoms with E-state index in [1.165, 1.54) is 18.5 Å². The molecule has 3 rings (SSSR count). The van der Waals surface area contributed by atoms with Crippen LogP contribution in [0.15, 0.2) is 36.5 Å². The van der Waals surface area contributed by atoms with E-state index in [-0.39, 0.29) is 5.78 Å². The molecule has 0 amide bonds. The number of hydrogen-bond donors (Lipinski definition) is 0. The Kier molecular flexibility index (Phi) is 5.92. The van der Waals surface area contributed by atoms with Crippen LogP contribution in [0.2, 0.25) is 0 Å². The first-order chi connectivity index (χ1) is 12.6. The minimum atomic E-state index is 0.127. The quantitative estimate of drug-likeness (QED) is 0.717. The van der Waals surface area contributed by atoms with Crippen LogP contribution in [0.3, 0.4) is 0 Å². The summed E-state index contributed by atoms with van der Waals surface area (Å²) < 4.78 is 5.64. The molecule has 1 aliphatic heterocycles. The number of benzene rings is 1. The maximum atomic E-state index is 11.7. The van der Waals surface area contributed by atoms with Gasteiger partial charge in [-0.15, -0.1) is 0 Å². The normalized spacial score (nSPS) is 15.1. The van der Waals surface area contributed by atoms with Crippen molar-refractivity contribution in [3.63, 3.8) is 0 Å². The predicted octanol–water partition coefficient (Wildman–Crippen LogP) is 4.51. The van der Waals surface area contributed by atoms with Crippen molar-refractivity contribution in [3.8, 4) is 5.75 Å². The lowest BCUT2D eigenvalue weighted by molar-refractivity contribution is 0.0988. The highest BCUT2D eigenvalue weighted by Gasteiger charge is 2.17. The number of hydrogen-bond acceptors (Lipinski definition) is 4. The van der Waals surface area contributed by atoms with Crippen molar-refractivity contribution in [2.75, 3.05) is 25.1 Å². The van der Waals surface area contributed by atoms with Gasteiger partial charge < -0.3 is 9.64 Å². The number of carbonyl (C=O) groups is 1. The Balaban J connectivity index is 1.74. The van der Waals surface area contributed by atoms with Crippen LogP contribution in [0.1, 0.15) is 54.7 Å². The van der Waals surface area contributed by atoms with Crippen molar-refractivity contribution >= 4 is 11.5 Å². The second-order valence-electron chi connectivity index (χ2n) is 7.16. The van der Waals surface area contributed by atoms with Crippen molar-refractivity contribution in [3.05, 3.63) is 53.3 Å². The number of ketones is 1. The molecule has 4 heteroatoms. The third kappa shape index (κ3) is 4.24. The topological polar surface area (TPSA) is 42.4 Å². The SMILES string of the molecule is CCC(=O)c1ccc(Cc2ccc(N3CCC(C)CC3)cc2OC)nc1. The Morgan fingerprint density at radius 1 is 1.23 bits per heavy atom. The molecule has 1 aromatic carbocycles. The molecule has 0 bridgehead atoms. The van der Waals surface area contributed by atoms with Crippen LogP contribution in [0, 0.1) is 5.92 Å². The van der Waals surface area contributed by atoms with Crippen LogP contribution in [-0.2, 0) is 6.42 Å². The van der Waals surface area contributed by atoms with E-state index in [1.807, 2.05) is 19.1 Å². The number of Topliss-reactive ketones (excluding diaryl/α,β-unsaturated/α-hetero) is 1. The predicted molar refractivity (Wildman–Crippen MR) is 105 cm³/mol. The van der Waals surface area contributed by atoms with Gasteiger partial charge in [-0.2, -0.15) is 0 Å². The first-order valence-corrected chi connectivity index (χ1v) is 9.50. The summed E-state index contributed by atoms with van der Waals surface area (Å²) in [4.78, 5) is 18.6. The maximum Gasteiger partial charge on any atom is 0.164 e. The van der Waals surface area contributed by atoms with Crippen LogP contribution in [0.4, 0.5) is 5.69 Å². The molecule has 0 radical (unpaired) electrons. The lowest BCUT2D eigenvalue weighted by atomic mass is 9.98. The van der Waals surface area contributed by atoms with Crippen molar-refractivity contribution in [1.29, 1.82) is 0 Å². The minimum Gasteiger partial charge on any atom is -0.496 e. The minimum absolute atomic E-state index is 0.127. The molecule has 0 N–H and O–H groups in total. The van der Waals surface area contributed by atoms with Gasteiger partial charge in [0.2, 0.25) is 0 Å². The van der Waals surface area contributed by atoms with Crippen LogP contribution >= 0.6 is 0 Å². The van der Waals surface area contributed by atoms with Crippen molar-refractivity contribution in [1.82, 2.24) is 4.98 Å². The first-order valence-electron chi connectivity index (χ1n) is 9.50. The van der Waals surface area contributed by atoms with Gasteiger partial charge >= 0.3 is 0 Å². The summed E-state index contributed by atoms with van der Waals surface area (Å²) in [5, 5.41) is 0. The number of aromatic nitrogens is 1. The van der Waals surface area contributed by atoms with Gasteiger partial charge in [0.05, 0.1) is 7.11 Å². The summed E-state index contributed by atoms with van der Waals surface area (Å²) in [6.45, 7) is 6.41. The molecule has 26 heavy (non-hydrogen) atoms. The molecule has 1 saturated heterocycles. The number of ether oxygens (including phenoxy) is 1. The number of carbonyl (C=O) groups excluding carboxylic acids is 1. The van der Waals surface area contributed by atoms with Gasteiger partial charge in [-0.1, -0.05) is 19.9 Å².